The lowest BCUT2D eigenvalue weighted by molar-refractivity contribution is 0.686. The Balaban J connectivity index is 2.23. The van der Waals surface area contributed by atoms with Gasteiger partial charge in [-0.1, -0.05) is 32.0 Å². The minimum Gasteiger partial charge on any atom is -0.370 e. The van der Waals surface area contributed by atoms with E-state index in [1.807, 2.05) is 38.2 Å². The molecule has 20 heavy (non-hydrogen) atoms. The van der Waals surface area contributed by atoms with E-state index in [9.17, 15) is 0 Å². The van der Waals surface area contributed by atoms with Gasteiger partial charge in [0.15, 0.2) is 0 Å². The molecule has 0 unspecified atom stereocenters. The number of nitrogens with one attached hydrogen (secondary N) is 1. The van der Waals surface area contributed by atoms with Gasteiger partial charge in [0.05, 0.1) is 0 Å². The summed E-state index contributed by atoms with van der Waals surface area (Å²) in [5.74, 6) is 3.14. The second-order valence-corrected chi connectivity index (χ2v) is 5.33. The average Bonchev–Trinajstić information content (AvgIpc) is 2.44. The lowest BCUT2D eigenvalue weighted by Gasteiger charge is -2.19. The molecule has 0 saturated carbocycles. The zero-order valence-corrected chi connectivity index (χ0v) is 12.6. The first-order chi connectivity index (χ1) is 9.56. The van der Waals surface area contributed by atoms with Crippen LogP contribution in [0.4, 0.5) is 17.3 Å². The van der Waals surface area contributed by atoms with E-state index in [1.165, 1.54) is 0 Å². The standard InChI is InChI=1S/C16H22N4/c1-12(2)11-17-15-10-16(19-13(3)18-15)20(4)14-8-6-5-7-9-14/h5-10,12H,11H2,1-4H3,(H,17,18,19). The second-order valence-electron chi connectivity index (χ2n) is 5.33. The van der Waals surface area contributed by atoms with Gasteiger partial charge < -0.3 is 10.2 Å². The van der Waals surface area contributed by atoms with Crippen LogP contribution in [0, 0.1) is 12.8 Å². The van der Waals surface area contributed by atoms with Crippen molar-refractivity contribution in [2.24, 2.45) is 5.92 Å². The van der Waals surface area contributed by atoms with Crippen LogP contribution in [-0.2, 0) is 0 Å². The minimum absolute atomic E-state index is 0.584. The molecule has 1 heterocycles. The average molecular weight is 270 g/mol. The van der Waals surface area contributed by atoms with Gasteiger partial charge in [-0.2, -0.15) is 0 Å². The highest BCUT2D eigenvalue weighted by atomic mass is 15.2. The van der Waals surface area contributed by atoms with Crippen LogP contribution in [0.3, 0.4) is 0 Å². The SMILES string of the molecule is Cc1nc(NCC(C)C)cc(N(C)c2ccccc2)n1. The minimum atomic E-state index is 0.584. The van der Waals surface area contributed by atoms with Crippen molar-refractivity contribution in [3.8, 4) is 0 Å². The summed E-state index contributed by atoms with van der Waals surface area (Å²) in [6.07, 6.45) is 0. The summed E-state index contributed by atoms with van der Waals surface area (Å²) in [4.78, 5) is 11.0. The van der Waals surface area contributed by atoms with Crippen LogP contribution in [0.2, 0.25) is 0 Å². The van der Waals surface area contributed by atoms with Crippen molar-refractivity contribution in [3.63, 3.8) is 0 Å². The number of nitrogens with zero attached hydrogens (tertiary/aromatic N) is 3. The summed E-state index contributed by atoms with van der Waals surface area (Å²) < 4.78 is 0. The lowest BCUT2D eigenvalue weighted by Crippen LogP contribution is -2.15. The Morgan fingerprint density at radius 1 is 1.15 bits per heavy atom. The Hall–Kier alpha value is -2.10. The fraction of sp³-hybridized carbons (Fsp3) is 0.375. The number of rotatable bonds is 5. The normalized spacial score (nSPS) is 10.7. The van der Waals surface area contributed by atoms with Gasteiger partial charge in [0.1, 0.15) is 17.5 Å². The lowest BCUT2D eigenvalue weighted by atomic mass is 10.2. The van der Waals surface area contributed by atoms with E-state index in [-0.39, 0.29) is 0 Å². The molecule has 1 aromatic carbocycles. The molecule has 4 nitrogen and oxygen atoms in total. The molecule has 0 amide bonds. The molecule has 1 N–H and O–H groups in total. The molecule has 0 aliphatic carbocycles. The summed E-state index contributed by atoms with van der Waals surface area (Å²) >= 11 is 0. The third kappa shape index (κ3) is 3.70. The van der Waals surface area contributed by atoms with E-state index >= 15 is 0 Å². The molecular formula is C16H22N4. The highest BCUT2D eigenvalue weighted by Gasteiger charge is 2.08. The van der Waals surface area contributed by atoms with Crippen LogP contribution in [0.15, 0.2) is 36.4 Å². The fourth-order valence-electron chi connectivity index (χ4n) is 1.91. The largest absolute Gasteiger partial charge is 0.370 e. The predicted molar refractivity (Wildman–Crippen MR) is 84.6 cm³/mol. The molecular weight excluding hydrogens is 248 g/mol. The second kappa shape index (κ2) is 6.37. The first kappa shape index (κ1) is 14.3. The summed E-state index contributed by atoms with van der Waals surface area (Å²) in [5.41, 5.74) is 1.11. The Bertz CT molecular complexity index is 552. The van der Waals surface area contributed by atoms with Crippen molar-refractivity contribution in [1.82, 2.24) is 9.97 Å². The van der Waals surface area contributed by atoms with Crippen LogP contribution < -0.4 is 10.2 Å². The number of benzene rings is 1. The maximum Gasteiger partial charge on any atom is 0.138 e. The maximum atomic E-state index is 4.51. The van der Waals surface area contributed by atoms with E-state index in [2.05, 4.69) is 46.2 Å². The van der Waals surface area contributed by atoms with Gasteiger partial charge >= 0.3 is 0 Å². The van der Waals surface area contributed by atoms with Crippen LogP contribution in [-0.4, -0.2) is 23.6 Å². The van der Waals surface area contributed by atoms with Crippen molar-refractivity contribution >= 4 is 17.3 Å². The first-order valence-electron chi connectivity index (χ1n) is 6.94. The van der Waals surface area contributed by atoms with Gasteiger partial charge in [-0.25, -0.2) is 9.97 Å². The molecule has 4 heteroatoms. The molecule has 0 bridgehead atoms. The highest BCUT2D eigenvalue weighted by Crippen LogP contribution is 2.23. The Morgan fingerprint density at radius 3 is 2.50 bits per heavy atom. The zero-order chi connectivity index (χ0) is 14.5. The van der Waals surface area contributed by atoms with Crippen molar-refractivity contribution in [2.45, 2.75) is 20.8 Å². The summed E-state index contributed by atoms with van der Waals surface area (Å²) in [7, 11) is 2.02. The van der Waals surface area contributed by atoms with Crippen molar-refractivity contribution in [3.05, 3.63) is 42.2 Å². The number of aromatic nitrogens is 2. The van der Waals surface area contributed by atoms with Gasteiger partial charge in [-0.3, -0.25) is 0 Å². The summed E-state index contributed by atoms with van der Waals surface area (Å²) in [6, 6.07) is 12.2. The molecule has 2 aromatic rings. The maximum absolute atomic E-state index is 4.51. The van der Waals surface area contributed by atoms with E-state index in [0.29, 0.717) is 5.92 Å². The van der Waals surface area contributed by atoms with E-state index in [1.54, 1.807) is 0 Å². The third-order valence-electron chi connectivity index (χ3n) is 3.00. The van der Waals surface area contributed by atoms with Gasteiger partial charge in [0.25, 0.3) is 0 Å². The van der Waals surface area contributed by atoms with Gasteiger partial charge in [0, 0.05) is 25.3 Å². The van der Waals surface area contributed by atoms with E-state index in [4.69, 9.17) is 0 Å². The molecule has 0 fully saturated rings. The molecule has 1 aromatic heterocycles. The Kier molecular flexibility index (Phi) is 4.56. The zero-order valence-electron chi connectivity index (χ0n) is 12.6. The topological polar surface area (TPSA) is 41.1 Å². The van der Waals surface area contributed by atoms with Crippen molar-refractivity contribution in [2.75, 3.05) is 23.8 Å². The highest BCUT2D eigenvalue weighted by molar-refractivity contribution is 5.61. The molecule has 0 spiro atoms. The number of aryl methyl sites for hydroxylation is 1. The molecule has 2 rings (SSSR count). The number of para-hydroxylation sites is 1. The van der Waals surface area contributed by atoms with Crippen LogP contribution in [0.1, 0.15) is 19.7 Å². The summed E-state index contributed by atoms with van der Waals surface area (Å²) in [6.45, 7) is 7.18. The van der Waals surface area contributed by atoms with Gasteiger partial charge in [-0.15, -0.1) is 0 Å². The van der Waals surface area contributed by atoms with Crippen LogP contribution >= 0.6 is 0 Å². The molecule has 0 radical (unpaired) electrons. The first-order valence-corrected chi connectivity index (χ1v) is 6.94. The van der Waals surface area contributed by atoms with Crippen LogP contribution in [0.5, 0.6) is 0 Å². The quantitative estimate of drug-likeness (QED) is 0.901. The Labute approximate surface area is 120 Å². The molecule has 106 valence electrons. The molecule has 0 atom stereocenters. The number of hydrogen-bond donors (Lipinski definition) is 1. The molecule has 0 aliphatic heterocycles. The Morgan fingerprint density at radius 2 is 1.85 bits per heavy atom. The van der Waals surface area contributed by atoms with E-state index < -0.39 is 0 Å². The van der Waals surface area contributed by atoms with Crippen molar-refractivity contribution in [1.29, 1.82) is 0 Å². The summed E-state index contributed by atoms with van der Waals surface area (Å²) in [5, 5.41) is 3.35. The third-order valence-corrected chi connectivity index (χ3v) is 3.00. The number of anilines is 3. The van der Waals surface area contributed by atoms with Crippen LogP contribution in [0.25, 0.3) is 0 Å². The van der Waals surface area contributed by atoms with Gasteiger partial charge in [0.2, 0.25) is 0 Å². The van der Waals surface area contributed by atoms with Gasteiger partial charge in [-0.05, 0) is 25.0 Å². The smallest absolute Gasteiger partial charge is 0.138 e. The monoisotopic (exact) mass is 270 g/mol. The fourth-order valence-corrected chi connectivity index (χ4v) is 1.91. The number of hydrogen-bond acceptors (Lipinski definition) is 4. The molecule has 0 saturated heterocycles. The van der Waals surface area contributed by atoms with E-state index in [0.717, 1.165) is 29.7 Å². The van der Waals surface area contributed by atoms with Crippen molar-refractivity contribution < 1.29 is 0 Å². The predicted octanol–water partition coefficient (Wildman–Crippen LogP) is 3.62. The molecule has 0 aliphatic rings.